The molecular formula is C19H15F3N4O3. The van der Waals surface area contributed by atoms with Crippen LogP contribution in [0.1, 0.15) is 21.6 Å². The van der Waals surface area contributed by atoms with Gasteiger partial charge < -0.3 is 9.84 Å². The molecule has 1 heterocycles. The summed E-state index contributed by atoms with van der Waals surface area (Å²) in [7, 11) is 1.36. The molecular weight excluding hydrogens is 389 g/mol. The van der Waals surface area contributed by atoms with Gasteiger partial charge in [-0.15, -0.1) is 0 Å². The van der Waals surface area contributed by atoms with E-state index in [1.54, 1.807) is 24.3 Å². The molecule has 0 saturated heterocycles. The van der Waals surface area contributed by atoms with Crippen molar-refractivity contribution < 1.29 is 27.8 Å². The molecule has 0 aliphatic rings. The molecule has 0 aliphatic heterocycles. The summed E-state index contributed by atoms with van der Waals surface area (Å²) in [5.41, 5.74) is 0.471. The Bertz CT molecular complexity index is 1050. The molecule has 7 nitrogen and oxygen atoms in total. The summed E-state index contributed by atoms with van der Waals surface area (Å²) in [5, 5.41) is 17.3. The van der Waals surface area contributed by atoms with Gasteiger partial charge in [0, 0.05) is 5.56 Å². The molecule has 0 radical (unpaired) electrons. The number of phenolic OH excluding ortho intramolecular Hbond substituents is 1. The first-order valence-corrected chi connectivity index (χ1v) is 8.23. The van der Waals surface area contributed by atoms with Crippen molar-refractivity contribution in [2.45, 2.75) is 6.18 Å². The Balaban J connectivity index is 1.88. The van der Waals surface area contributed by atoms with Crippen LogP contribution in [0.15, 0.2) is 59.8 Å². The first kappa shape index (κ1) is 19.9. The van der Waals surface area contributed by atoms with Crippen LogP contribution in [0.25, 0.3) is 5.69 Å². The maximum Gasteiger partial charge on any atom is 0.434 e. The zero-order valence-corrected chi connectivity index (χ0v) is 15.0. The van der Waals surface area contributed by atoms with Crippen molar-refractivity contribution in [1.29, 1.82) is 0 Å². The fourth-order valence-electron chi connectivity index (χ4n) is 2.58. The molecule has 150 valence electrons. The number of carbonyl (C=O) groups excluding carboxylic acids is 1. The van der Waals surface area contributed by atoms with Gasteiger partial charge in [-0.2, -0.15) is 23.4 Å². The van der Waals surface area contributed by atoms with Crippen LogP contribution in [0.4, 0.5) is 13.2 Å². The second kappa shape index (κ2) is 8.05. The van der Waals surface area contributed by atoms with E-state index in [0.29, 0.717) is 4.68 Å². The Morgan fingerprint density at radius 3 is 2.59 bits per heavy atom. The summed E-state index contributed by atoms with van der Waals surface area (Å²) in [6, 6.07) is 12.2. The highest BCUT2D eigenvalue weighted by Crippen LogP contribution is 2.33. The summed E-state index contributed by atoms with van der Waals surface area (Å²) in [6.07, 6.45) is -2.91. The number of ether oxygens (including phenoxy) is 1. The lowest BCUT2D eigenvalue weighted by Gasteiger charge is -2.12. The molecule has 3 rings (SSSR count). The fourth-order valence-corrected chi connectivity index (χ4v) is 2.58. The fraction of sp³-hybridized carbons (Fsp3) is 0.105. The molecule has 2 aromatic carbocycles. The third kappa shape index (κ3) is 4.21. The SMILES string of the molecule is COc1cccc(/C=N/NC(=O)c2cnn(-c3ccccc3)c2C(F)(F)F)c1O. The number of benzene rings is 2. The van der Waals surface area contributed by atoms with E-state index in [9.17, 15) is 23.1 Å². The van der Waals surface area contributed by atoms with Crippen LogP contribution >= 0.6 is 0 Å². The minimum Gasteiger partial charge on any atom is -0.504 e. The lowest BCUT2D eigenvalue weighted by Crippen LogP contribution is -2.23. The number of nitrogens with one attached hydrogen (secondary N) is 1. The molecule has 3 aromatic rings. The smallest absolute Gasteiger partial charge is 0.434 e. The van der Waals surface area contributed by atoms with Crippen LogP contribution in [0.5, 0.6) is 11.5 Å². The molecule has 29 heavy (non-hydrogen) atoms. The number of aromatic nitrogens is 2. The van der Waals surface area contributed by atoms with Crippen molar-refractivity contribution in [3.05, 3.63) is 71.5 Å². The highest BCUT2D eigenvalue weighted by Gasteiger charge is 2.40. The van der Waals surface area contributed by atoms with Crippen molar-refractivity contribution in [2.24, 2.45) is 5.10 Å². The van der Waals surface area contributed by atoms with Crippen LogP contribution < -0.4 is 10.2 Å². The molecule has 1 amide bonds. The van der Waals surface area contributed by atoms with E-state index in [1.165, 1.54) is 31.4 Å². The summed E-state index contributed by atoms with van der Waals surface area (Å²) in [6.45, 7) is 0. The number of methoxy groups -OCH3 is 1. The van der Waals surface area contributed by atoms with Crippen LogP contribution in [0, 0.1) is 0 Å². The first-order chi connectivity index (χ1) is 13.8. The number of para-hydroxylation sites is 2. The van der Waals surface area contributed by atoms with Gasteiger partial charge in [-0.05, 0) is 24.3 Å². The minimum absolute atomic E-state index is 0.156. The van der Waals surface area contributed by atoms with E-state index < -0.39 is 23.3 Å². The predicted octanol–water partition coefficient (Wildman–Crippen LogP) is 3.37. The van der Waals surface area contributed by atoms with E-state index in [4.69, 9.17) is 4.74 Å². The van der Waals surface area contributed by atoms with Crippen molar-refractivity contribution >= 4 is 12.1 Å². The topological polar surface area (TPSA) is 88.7 Å². The number of rotatable bonds is 5. The summed E-state index contributed by atoms with van der Waals surface area (Å²) < 4.78 is 46.3. The lowest BCUT2D eigenvalue weighted by molar-refractivity contribution is -0.143. The van der Waals surface area contributed by atoms with Gasteiger partial charge in [0.15, 0.2) is 17.2 Å². The largest absolute Gasteiger partial charge is 0.504 e. The van der Waals surface area contributed by atoms with Crippen molar-refractivity contribution in [2.75, 3.05) is 7.11 Å². The van der Waals surface area contributed by atoms with Crippen molar-refractivity contribution in [3.63, 3.8) is 0 Å². The third-order valence-electron chi connectivity index (χ3n) is 3.90. The van der Waals surface area contributed by atoms with Crippen molar-refractivity contribution in [1.82, 2.24) is 15.2 Å². The highest BCUT2D eigenvalue weighted by atomic mass is 19.4. The molecule has 0 saturated carbocycles. The Kier molecular flexibility index (Phi) is 5.53. The average molecular weight is 404 g/mol. The number of halogens is 3. The normalized spacial score (nSPS) is 11.6. The molecule has 0 atom stereocenters. The summed E-state index contributed by atoms with van der Waals surface area (Å²) >= 11 is 0. The molecule has 0 unspecified atom stereocenters. The number of nitrogens with zero attached hydrogens (tertiary/aromatic N) is 3. The Morgan fingerprint density at radius 2 is 1.93 bits per heavy atom. The number of amides is 1. The first-order valence-electron chi connectivity index (χ1n) is 8.23. The van der Waals surface area contributed by atoms with Gasteiger partial charge in [0.1, 0.15) is 0 Å². The molecule has 0 spiro atoms. The summed E-state index contributed by atoms with van der Waals surface area (Å²) in [4.78, 5) is 12.3. The van der Waals surface area contributed by atoms with Gasteiger partial charge in [-0.3, -0.25) is 4.79 Å². The van der Waals surface area contributed by atoms with E-state index in [2.05, 4.69) is 10.2 Å². The zero-order valence-electron chi connectivity index (χ0n) is 15.0. The number of hydrazone groups is 1. The third-order valence-corrected chi connectivity index (χ3v) is 3.90. The number of alkyl halides is 3. The van der Waals surface area contributed by atoms with Gasteiger partial charge in [0.05, 0.1) is 30.8 Å². The molecule has 0 bridgehead atoms. The van der Waals surface area contributed by atoms with E-state index in [-0.39, 0.29) is 22.7 Å². The number of hydrogen-bond donors (Lipinski definition) is 2. The van der Waals surface area contributed by atoms with E-state index >= 15 is 0 Å². The average Bonchev–Trinajstić information content (AvgIpc) is 3.16. The zero-order chi connectivity index (χ0) is 21.0. The molecule has 2 N–H and O–H groups in total. The lowest BCUT2D eigenvalue weighted by atomic mass is 10.2. The van der Waals surface area contributed by atoms with E-state index in [0.717, 1.165) is 12.4 Å². The minimum atomic E-state index is -4.83. The number of carbonyl (C=O) groups is 1. The Morgan fingerprint density at radius 1 is 1.21 bits per heavy atom. The molecule has 0 aliphatic carbocycles. The quantitative estimate of drug-likeness (QED) is 0.504. The second-order valence-electron chi connectivity index (χ2n) is 5.75. The maximum atomic E-state index is 13.6. The van der Waals surface area contributed by atoms with Gasteiger partial charge in [-0.25, -0.2) is 10.1 Å². The number of aromatic hydroxyl groups is 1. The number of hydrogen-bond acceptors (Lipinski definition) is 5. The van der Waals surface area contributed by atoms with Crippen LogP contribution in [0.3, 0.4) is 0 Å². The van der Waals surface area contributed by atoms with Gasteiger partial charge >= 0.3 is 6.18 Å². The van der Waals surface area contributed by atoms with Gasteiger partial charge in [0.2, 0.25) is 0 Å². The van der Waals surface area contributed by atoms with Crippen LogP contribution in [0.2, 0.25) is 0 Å². The number of phenols is 1. The highest BCUT2D eigenvalue weighted by molar-refractivity contribution is 5.96. The van der Waals surface area contributed by atoms with Crippen LogP contribution in [-0.4, -0.2) is 34.1 Å². The molecule has 0 fully saturated rings. The summed E-state index contributed by atoms with van der Waals surface area (Å²) in [5.74, 6) is -1.14. The Labute approximate surface area is 163 Å². The predicted molar refractivity (Wildman–Crippen MR) is 98.3 cm³/mol. The van der Waals surface area contributed by atoms with E-state index in [1.807, 2.05) is 5.43 Å². The molecule has 10 heteroatoms. The molecule has 1 aromatic heterocycles. The standard InChI is InChI=1S/C19H15F3N4O3/c1-29-15-9-5-6-12(16(15)27)10-23-25-18(28)14-11-24-26(17(14)19(20,21)22)13-7-3-2-4-8-13/h2-11,27H,1H3,(H,25,28)/b23-10+. The van der Waals surface area contributed by atoms with Crippen LogP contribution in [-0.2, 0) is 6.18 Å². The van der Waals surface area contributed by atoms with Gasteiger partial charge in [0.25, 0.3) is 5.91 Å². The second-order valence-corrected chi connectivity index (χ2v) is 5.75. The van der Waals surface area contributed by atoms with Gasteiger partial charge in [-0.1, -0.05) is 24.3 Å². The van der Waals surface area contributed by atoms with Crippen molar-refractivity contribution in [3.8, 4) is 17.2 Å². The monoisotopic (exact) mass is 404 g/mol. The maximum absolute atomic E-state index is 13.6. The Hall–Kier alpha value is -3.82.